The molecule has 7 heteroatoms. The molecule has 0 aliphatic carbocycles. The van der Waals surface area contributed by atoms with Crippen molar-refractivity contribution in [3.8, 4) is 39.6 Å². The highest BCUT2D eigenvalue weighted by atomic mass is 16.5. The summed E-state index contributed by atoms with van der Waals surface area (Å²) in [6.45, 7) is 4.17. The number of hydrogen-bond donors (Lipinski definition) is 1. The fourth-order valence-corrected chi connectivity index (χ4v) is 4.07. The molecule has 2 aromatic heterocycles. The Labute approximate surface area is 177 Å². The zero-order valence-corrected chi connectivity index (χ0v) is 17.9. The molecule has 4 rings (SSSR count). The number of piperidine rings is 1. The molecule has 1 fully saturated rings. The second-order valence-corrected chi connectivity index (χ2v) is 7.44. The predicted octanol–water partition coefficient (Wildman–Crippen LogP) is 3.87. The van der Waals surface area contributed by atoms with E-state index in [9.17, 15) is 0 Å². The van der Waals surface area contributed by atoms with Crippen LogP contribution >= 0.6 is 0 Å². The van der Waals surface area contributed by atoms with Gasteiger partial charge in [-0.2, -0.15) is 5.10 Å². The van der Waals surface area contributed by atoms with Gasteiger partial charge in [0.25, 0.3) is 0 Å². The molecule has 3 aromatic rings. The topological polar surface area (TPSA) is 70.4 Å². The molecule has 0 atom stereocenters. The van der Waals surface area contributed by atoms with E-state index in [1.54, 1.807) is 21.3 Å². The summed E-state index contributed by atoms with van der Waals surface area (Å²) < 4.78 is 18.6. The van der Waals surface area contributed by atoms with Crippen LogP contribution in [0.1, 0.15) is 24.4 Å². The Morgan fingerprint density at radius 2 is 1.63 bits per heavy atom. The molecule has 0 amide bonds. The Morgan fingerprint density at radius 1 is 0.967 bits per heavy atom. The second kappa shape index (κ2) is 8.75. The fourth-order valence-electron chi connectivity index (χ4n) is 4.07. The van der Waals surface area contributed by atoms with Crippen LogP contribution in [0.5, 0.6) is 17.2 Å². The van der Waals surface area contributed by atoms with E-state index in [0.29, 0.717) is 23.3 Å². The summed E-state index contributed by atoms with van der Waals surface area (Å²) in [5, 5.41) is 8.28. The minimum Gasteiger partial charge on any atom is -0.493 e. The van der Waals surface area contributed by atoms with E-state index in [-0.39, 0.29) is 0 Å². The van der Waals surface area contributed by atoms with Crippen molar-refractivity contribution in [2.75, 3.05) is 34.4 Å². The van der Waals surface area contributed by atoms with Gasteiger partial charge >= 0.3 is 0 Å². The summed E-state index contributed by atoms with van der Waals surface area (Å²) in [5.74, 6) is 1.81. The van der Waals surface area contributed by atoms with Crippen LogP contribution in [-0.4, -0.2) is 49.2 Å². The van der Waals surface area contributed by atoms with Gasteiger partial charge in [0.1, 0.15) is 0 Å². The Hall–Kier alpha value is -3.06. The molecule has 30 heavy (non-hydrogen) atoms. The van der Waals surface area contributed by atoms with Crippen LogP contribution in [0.25, 0.3) is 22.4 Å². The molecule has 0 spiro atoms. The summed E-state index contributed by atoms with van der Waals surface area (Å²) in [6.07, 6.45) is 8.03. The lowest BCUT2D eigenvalue weighted by Gasteiger charge is -2.22. The number of rotatable bonds is 6. The van der Waals surface area contributed by atoms with Gasteiger partial charge in [-0.05, 0) is 62.2 Å². The lowest BCUT2D eigenvalue weighted by Crippen LogP contribution is -2.29. The third-order valence-electron chi connectivity index (χ3n) is 5.76. The van der Waals surface area contributed by atoms with Gasteiger partial charge < -0.3 is 19.5 Å². The molecule has 0 unspecified atom stereocenters. The van der Waals surface area contributed by atoms with Gasteiger partial charge in [0.15, 0.2) is 11.5 Å². The second-order valence-electron chi connectivity index (χ2n) is 7.44. The van der Waals surface area contributed by atoms with Gasteiger partial charge in [0.2, 0.25) is 5.75 Å². The van der Waals surface area contributed by atoms with Gasteiger partial charge in [-0.1, -0.05) is 0 Å². The zero-order valence-electron chi connectivity index (χ0n) is 17.9. The van der Waals surface area contributed by atoms with E-state index in [1.165, 1.54) is 0 Å². The van der Waals surface area contributed by atoms with Gasteiger partial charge in [-0.3, -0.25) is 9.67 Å². The van der Waals surface area contributed by atoms with E-state index in [1.807, 2.05) is 24.5 Å². The highest BCUT2D eigenvalue weighted by molar-refractivity contribution is 5.78. The van der Waals surface area contributed by atoms with Crippen molar-refractivity contribution in [3.63, 3.8) is 0 Å². The SMILES string of the molecule is COc1cc(-c2cncc(-c3ccn(C4CCNCC4)n3)c2C)cc(OC)c1OC. The van der Waals surface area contributed by atoms with E-state index in [4.69, 9.17) is 19.3 Å². The van der Waals surface area contributed by atoms with Crippen molar-refractivity contribution >= 4 is 0 Å². The Morgan fingerprint density at radius 3 is 2.27 bits per heavy atom. The molecule has 0 bridgehead atoms. The van der Waals surface area contributed by atoms with Crippen LogP contribution in [0, 0.1) is 6.92 Å². The molecule has 0 saturated carbocycles. The number of benzene rings is 1. The zero-order chi connectivity index (χ0) is 21.1. The summed E-state index contributed by atoms with van der Waals surface area (Å²) in [6, 6.07) is 6.42. The minimum absolute atomic E-state index is 0.451. The van der Waals surface area contributed by atoms with Gasteiger partial charge in [-0.15, -0.1) is 0 Å². The normalized spacial score (nSPS) is 14.5. The molecule has 1 N–H and O–H groups in total. The lowest BCUT2D eigenvalue weighted by atomic mass is 9.97. The molecule has 158 valence electrons. The highest BCUT2D eigenvalue weighted by Gasteiger charge is 2.19. The third kappa shape index (κ3) is 3.73. The van der Waals surface area contributed by atoms with Gasteiger partial charge in [-0.25, -0.2) is 0 Å². The third-order valence-corrected chi connectivity index (χ3v) is 5.76. The van der Waals surface area contributed by atoms with Gasteiger partial charge in [0, 0.05) is 29.7 Å². The first-order chi connectivity index (χ1) is 14.7. The van der Waals surface area contributed by atoms with E-state index >= 15 is 0 Å². The highest BCUT2D eigenvalue weighted by Crippen LogP contribution is 2.42. The van der Waals surface area contributed by atoms with Crippen LogP contribution in [0.4, 0.5) is 0 Å². The van der Waals surface area contributed by atoms with Gasteiger partial charge in [0.05, 0.1) is 33.1 Å². The molecule has 1 aliphatic rings. The van der Waals surface area contributed by atoms with Crippen molar-refractivity contribution in [3.05, 3.63) is 42.4 Å². The van der Waals surface area contributed by atoms with Crippen molar-refractivity contribution in [2.24, 2.45) is 0 Å². The summed E-state index contributed by atoms with van der Waals surface area (Å²) in [5.41, 5.74) is 5.02. The average Bonchev–Trinajstić information content (AvgIpc) is 3.29. The number of ether oxygens (including phenoxy) is 3. The van der Waals surface area contributed by atoms with Crippen LogP contribution in [0.2, 0.25) is 0 Å². The fraction of sp³-hybridized carbons (Fsp3) is 0.391. The summed E-state index contributed by atoms with van der Waals surface area (Å²) >= 11 is 0. The van der Waals surface area contributed by atoms with E-state index in [0.717, 1.165) is 53.9 Å². The maximum Gasteiger partial charge on any atom is 0.203 e. The molecule has 1 saturated heterocycles. The largest absolute Gasteiger partial charge is 0.493 e. The number of aromatic nitrogens is 3. The Bertz CT molecular complexity index is 1000. The monoisotopic (exact) mass is 408 g/mol. The number of hydrogen-bond acceptors (Lipinski definition) is 6. The van der Waals surface area contributed by atoms with Crippen molar-refractivity contribution in [2.45, 2.75) is 25.8 Å². The molecule has 0 radical (unpaired) electrons. The number of nitrogens with zero attached hydrogens (tertiary/aromatic N) is 3. The molecule has 1 aromatic carbocycles. The summed E-state index contributed by atoms with van der Waals surface area (Å²) in [4.78, 5) is 4.50. The predicted molar refractivity (Wildman–Crippen MR) is 116 cm³/mol. The Kier molecular flexibility index (Phi) is 5.90. The average molecular weight is 409 g/mol. The standard InChI is InChI=1S/C23H28N4O3/c1-15-18(16-11-21(28-2)23(30-4)22(12-16)29-3)13-25-14-19(15)20-7-10-27(26-20)17-5-8-24-9-6-17/h7,10-14,17,24H,5-6,8-9H2,1-4H3. The first kappa shape index (κ1) is 20.2. The summed E-state index contributed by atoms with van der Waals surface area (Å²) in [7, 11) is 4.85. The smallest absolute Gasteiger partial charge is 0.203 e. The van der Waals surface area contributed by atoms with Crippen molar-refractivity contribution in [1.82, 2.24) is 20.1 Å². The molecular weight excluding hydrogens is 380 g/mol. The van der Waals surface area contributed by atoms with Crippen LogP contribution in [0.15, 0.2) is 36.8 Å². The maximum atomic E-state index is 5.52. The molecule has 3 heterocycles. The minimum atomic E-state index is 0.451. The molecule has 1 aliphatic heterocycles. The Balaban J connectivity index is 1.73. The molecular formula is C23H28N4O3. The van der Waals surface area contributed by atoms with E-state index < -0.39 is 0 Å². The maximum absolute atomic E-state index is 5.52. The number of methoxy groups -OCH3 is 3. The first-order valence-corrected chi connectivity index (χ1v) is 10.2. The van der Waals surface area contributed by atoms with E-state index in [2.05, 4.69) is 34.2 Å². The van der Waals surface area contributed by atoms with Crippen molar-refractivity contribution in [1.29, 1.82) is 0 Å². The lowest BCUT2D eigenvalue weighted by molar-refractivity contribution is 0.324. The first-order valence-electron chi connectivity index (χ1n) is 10.2. The van der Waals surface area contributed by atoms with Crippen LogP contribution < -0.4 is 19.5 Å². The quantitative estimate of drug-likeness (QED) is 0.668. The molecule has 7 nitrogen and oxygen atoms in total. The number of pyridine rings is 1. The van der Waals surface area contributed by atoms with Crippen LogP contribution in [0.3, 0.4) is 0 Å². The number of nitrogens with one attached hydrogen (secondary N) is 1. The van der Waals surface area contributed by atoms with Crippen molar-refractivity contribution < 1.29 is 14.2 Å². The van der Waals surface area contributed by atoms with Crippen LogP contribution in [-0.2, 0) is 0 Å².